The van der Waals surface area contributed by atoms with Crippen molar-refractivity contribution in [3.05, 3.63) is 65.5 Å². The third-order valence-electron chi connectivity index (χ3n) is 6.27. The zero-order valence-corrected chi connectivity index (χ0v) is 19.0. The van der Waals surface area contributed by atoms with E-state index >= 15 is 0 Å². The molecule has 0 radical (unpaired) electrons. The monoisotopic (exact) mass is 459 g/mol. The summed E-state index contributed by atoms with van der Waals surface area (Å²) >= 11 is 0. The average molecular weight is 460 g/mol. The van der Waals surface area contributed by atoms with E-state index in [0.29, 0.717) is 19.4 Å². The molecule has 0 aliphatic carbocycles. The van der Waals surface area contributed by atoms with Crippen LogP contribution in [0.3, 0.4) is 0 Å². The lowest BCUT2D eigenvalue weighted by Gasteiger charge is -2.26. The molecule has 32 heavy (non-hydrogen) atoms. The molecule has 2 saturated heterocycles. The van der Waals surface area contributed by atoms with Gasteiger partial charge in [0.2, 0.25) is 15.9 Å². The molecule has 6 nitrogen and oxygen atoms in total. The van der Waals surface area contributed by atoms with E-state index < -0.39 is 21.9 Å². The molecule has 2 fully saturated rings. The smallest absolute Gasteiger partial charge is 0.246 e. The molecule has 0 saturated carbocycles. The standard InChI is InChI=1S/C24H30FN3O3S/c25-21-7-2-3-9-23(21)32(30,31)28-16-6-8-22(28)24(29)26-17-19-10-12-20(13-11-19)18-27-14-4-1-5-15-27/h2-3,7,9-13,22H,1,4-6,8,14-18H2,(H,26,29). The first kappa shape index (κ1) is 22.9. The van der Waals surface area contributed by atoms with Crippen LogP contribution >= 0.6 is 0 Å². The van der Waals surface area contributed by atoms with E-state index in [-0.39, 0.29) is 17.3 Å². The molecule has 1 atom stereocenters. The molecule has 0 spiro atoms. The fourth-order valence-corrected chi connectivity index (χ4v) is 6.24. The van der Waals surface area contributed by atoms with Crippen LogP contribution < -0.4 is 5.32 Å². The van der Waals surface area contributed by atoms with Crippen LogP contribution in [0, 0.1) is 5.82 Å². The molecule has 2 aliphatic heterocycles. The third-order valence-corrected chi connectivity index (χ3v) is 8.22. The van der Waals surface area contributed by atoms with Gasteiger partial charge in [0.15, 0.2) is 0 Å². The number of sulfonamides is 1. The molecule has 2 heterocycles. The number of benzene rings is 2. The summed E-state index contributed by atoms with van der Waals surface area (Å²) in [6.45, 7) is 3.77. The van der Waals surface area contributed by atoms with E-state index in [0.717, 1.165) is 35.6 Å². The number of hydrogen-bond acceptors (Lipinski definition) is 4. The second-order valence-electron chi connectivity index (χ2n) is 8.58. The van der Waals surface area contributed by atoms with Crippen LogP contribution in [0.1, 0.15) is 43.2 Å². The molecule has 8 heteroatoms. The van der Waals surface area contributed by atoms with Gasteiger partial charge in [-0.1, -0.05) is 42.8 Å². The SMILES string of the molecule is O=C(NCc1ccc(CN2CCCCC2)cc1)C1CCCN1S(=O)(=O)c1ccccc1F. The maximum absolute atomic E-state index is 14.1. The predicted octanol–water partition coefficient (Wildman–Crippen LogP) is 3.28. The summed E-state index contributed by atoms with van der Waals surface area (Å²) in [6, 6.07) is 12.6. The van der Waals surface area contributed by atoms with E-state index in [1.165, 1.54) is 43.0 Å². The Balaban J connectivity index is 1.35. The zero-order valence-electron chi connectivity index (χ0n) is 18.2. The number of nitrogens with one attached hydrogen (secondary N) is 1. The van der Waals surface area contributed by atoms with Crippen LogP contribution in [0.2, 0.25) is 0 Å². The molecule has 2 aromatic rings. The van der Waals surface area contributed by atoms with Crippen molar-refractivity contribution in [2.75, 3.05) is 19.6 Å². The second-order valence-corrected chi connectivity index (χ2v) is 10.4. The highest BCUT2D eigenvalue weighted by Gasteiger charge is 2.40. The lowest BCUT2D eigenvalue weighted by Crippen LogP contribution is -2.45. The Morgan fingerprint density at radius 3 is 2.34 bits per heavy atom. The van der Waals surface area contributed by atoms with Gasteiger partial charge in [-0.15, -0.1) is 0 Å². The topological polar surface area (TPSA) is 69.7 Å². The minimum Gasteiger partial charge on any atom is -0.351 e. The molecule has 1 amide bonds. The minimum atomic E-state index is -4.07. The Kier molecular flexibility index (Phi) is 7.23. The van der Waals surface area contributed by atoms with E-state index in [9.17, 15) is 17.6 Å². The second kappa shape index (κ2) is 10.1. The van der Waals surface area contributed by atoms with E-state index in [1.54, 1.807) is 0 Å². The number of likely N-dealkylation sites (tertiary alicyclic amines) is 1. The molecule has 0 bridgehead atoms. The Labute approximate surface area is 189 Å². The van der Waals surface area contributed by atoms with Gasteiger partial charge in [0, 0.05) is 19.6 Å². The first-order valence-corrected chi connectivity index (χ1v) is 12.7. The van der Waals surface area contributed by atoms with Crippen LogP contribution in [0.25, 0.3) is 0 Å². The van der Waals surface area contributed by atoms with Gasteiger partial charge in [0.1, 0.15) is 16.8 Å². The van der Waals surface area contributed by atoms with E-state index in [4.69, 9.17) is 0 Å². The van der Waals surface area contributed by atoms with Crippen molar-refractivity contribution in [2.24, 2.45) is 0 Å². The van der Waals surface area contributed by atoms with Gasteiger partial charge in [-0.25, -0.2) is 12.8 Å². The van der Waals surface area contributed by atoms with E-state index in [2.05, 4.69) is 22.3 Å². The van der Waals surface area contributed by atoms with Gasteiger partial charge in [0.05, 0.1) is 0 Å². The summed E-state index contributed by atoms with van der Waals surface area (Å²) in [7, 11) is -4.07. The number of rotatable bonds is 7. The van der Waals surface area contributed by atoms with Gasteiger partial charge in [-0.2, -0.15) is 4.31 Å². The fraction of sp³-hybridized carbons (Fsp3) is 0.458. The largest absolute Gasteiger partial charge is 0.351 e. The first-order valence-electron chi connectivity index (χ1n) is 11.3. The Hall–Kier alpha value is -2.29. The van der Waals surface area contributed by atoms with Crippen LogP contribution in [0.4, 0.5) is 4.39 Å². The summed E-state index contributed by atoms with van der Waals surface area (Å²) in [5.74, 6) is -1.15. The molecule has 2 aliphatic rings. The van der Waals surface area contributed by atoms with Crippen LogP contribution in [-0.4, -0.2) is 49.2 Å². The van der Waals surface area contributed by atoms with Crippen molar-refractivity contribution in [3.63, 3.8) is 0 Å². The Bertz CT molecular complexity index is 1040. The third kappa shape index (κ3) is 5.19. The maximum atomic E-state index is 14.1. The fourth-order valence-electron chi connectivity index (χ4n) is 4.52. The number of carbonyl (C=O) groups is 1. The molecule has 1 N–H and O–H groups in total. The maximum Gasteiger partial charge on any atom is 0.246 e. The highest BCUT2D eigenvalue weighted by Crippen LogP contribution is 2.27. The summed E-state index contributed by atoms with van der Waals surface area (Å²) < 4.78 is 41.1. The molecule has 4 rings (SSSR count). The van der Waals surface area contributed by atoms with Crippen molar-refractivity contribution in [1.82, 2.24) is 14.5 Å². The molecule has 2 aromatic carbocycles. The van der Waals surface area contributed by atoms with Crippen molar-refractivity contribution in [1.29, 1.82) is 0 Å². The molecule has 0 aromatic heterocycles. The van der Waals surface area contributed by atoms with E-state index in [1.807, 2.05) is 12.1 Å². The van der Waals surface area contributed by atoms with Crippen LogP contribution in [0.5, 0.6) is 0 Å². The number of halogens is 1. The normalized spacial score (nSPS) is 20.3. The Morgan fingerprint density at radius 1 is 0.938 bits per heavy atom. The van der Waals surface area contributed by atoms with Gasteiger partial charge in [-0.3, -0.25) is 9.69 Å². The van der Waals surface area contributed by atoms with Gasteiger partial charge in [-0.05, 0) is 62.0 Å². The predicted molar refractivity (Wildman–Crippen MR) is 121 cm³/mol. The van der Waals surface area contributed by atoms with Crippen molar-refractivity contribution >= 4 is 15.9 Å². The minimum absolute atomic E-state index is 0.208. The number of piperidine rings is 1. The lowest BCUT2D eigenvalue weighted by atomic mass is 10.1. The molecule has 1 unspecified atom stereocenters. The highest BCUT2D eigenvalue weighted by molar-refractivity contribution is 7.89. The zero-order chi connectivity index (χ0) is 22.6. The van der Waals surface area contributed by atoms with Crippen molar-refractivity contribution in [2.45, 2.75) is 56.1 Å². The van der Waals surface area contributed by atoms with Crippen molar-refractivity contribution in [3.8, 4) is 0 Å². The number of nitrogens with zero attached hydrogens (tertiary/aromatic N) is 2. The Morgan fingerprint density at radius 2 is 1.62 bits per heavy atom. The number of hydrogen-bond donors (Lipinski definition) is 1. The molecule has 172 valence electrons. The van der Waals surface area contributed by atoms with Crippen molar-refractivity contribution < 1.29 is 17.6 Å². The number of carbonyl (C=O) groups excluding carboxylic acids is 1. The summed E-state index contributed by atoms with van der Waals surface area (Å²) in [5, 5.41) is 2.86. The summed E-state index contributed by atoms with van der Waals surface area (Å²) in [5.41, 5.74) is 2.21. The van der Waals surface area contributed by atoms with Gasteiger partial charge in [0.25, 0.3) is 0 Å². The number of amides is 1. The summed E-state index contributed by atoms with van der Waals surface area (Å²) in [4.78, 5) is 14.9. The van der Waals surface area contributed by atoms with Gasteiger partial charge >= 0.3 is 0 Å². The highest BCUT2D eigenvalue weighted by atomic mass is 32.2. The lowest BCUT2D eigenvalue weighted by molar-refractivity contribution is -0.124. The molecular weight excluding hydrogens is 429 g/mol. The first-order chi connectivity index (χ1) is 15.4. The average Bonchev–Trinajstić information content (AvgIpc) is 3.30. The van der Waals surface area contributed by atoms with Crippen LogP contribution in [-0.2, 0) is 27.9 Å². The quantitative estimate of drug-likeness (QED) is 0.690. The summed E-state index contributed by atoms with van der Waals surface area (Å²) in [6.07, 6.45) is 4.82. The molecular formula is C24H30FN3O3S. The van der Waals surface area contributed by atoms with Gasteiger partial charge < -0.3 is 5.32 Å². The van der Waals surface area contributed by atoms with Crippen LogP contribution in [0.15, 0.2) is 53.4 Å².